The third-order valence-corrected chi connectivity index (χ3v) is 3.74. The van der Waals surface area contributed by atoms with Crippen molar-refractivity contribution in [3.05, 3.63) is 0 Å². The summed E-state index contributed by atoms with van der Waals surface area (Å²) >= 11 is 0. The van der Waals surface area contributed by atoms with Crippen LogP contribution < -0.4 is 5.32 Å². The molecule has 1 aliphatic carbocycles. The van der Waals surface area contributed by atoms with Gasteiger partial charge in [-0.25, -0.2) is 0 Å². The van der Waals surface area contributed by atoms with E-state index >= 15 is 0 Å². The third kappa shape index (κ3) is 2.36. The van der Waals surface area contributed by atoms with Gasteiger partial charge in [0.2, 0.25) is 0 Å². The Balaban J connectivity index is 1.84. The molecule has 2 fully saturated rings. The van der Waals surface area contributed by atoms with E-state index in [4.69, 9.17) is 0 Å². The fraction of sp³-hybridized carbons (Fsp3) is 1.00. The zero-order chi connectivity index (χ0) is 11.4. The van der Waals surface area contributed by atoms with Crippen LogP contribution in [0.3, 0.4) is 0 Å². The van der Waals surface area contributed by atoms with Gasteiger partial charge in [0, 0.05) is 30.2 Å². The van der Waals surface area contributed by atoms with Crippen LogP contribution in [0.15, 0.2) is 0 Å². The van der Waals surface area contributed by atoms with Crippen molar-refractivity contribution in [3.8, 4) is 0 Å². The van der Waals surface area contributed by atoms with Gasteiger partial charge in [-0.3, -0.25) is 4.90 Å². The fourth-order valence-electron chi connectivity index (χ4n) is 2.79. The summed E-state index contributed by atoms with van der Waals surface area (Å²) in [5.74, 6) is 1.84. The third-order valence-electron chi connectivity index (χ3n) is 3.74. The molecule has 1 saturated carbocycles. The Morgan fingerprint density at radius 3 is 1.73 bits per heavy atom. The van der Waals surface area contributed by atoms with Crippen molar-refractivity contribution >= 4 is 0 Å². The first-order valence-corrected chi connectivity index (χ1v) is 6.21. The zero-order valence-electron chi connectivity index (χ0n) is 11.1. The van der Waals surface area contributed by atoms with E-state index in [-0.39, 0.29) is 5.54 Å². The minimum atomic E-state index is 0.279. The lowest BCUT2D eigenvalue weighted by Crippen LogP contribution is -2.46. The van der Waals surface area contributed by atoms with Crippen molar-refractivity contribution in [1.82, 2.24) is 10.2 Å². The molecular formula is C13H26N2. The molecule has 1 heterocycles. The number of likely N-dealkylation sites (tertiary alicyclic amines) is 1. The topological polar surface area (TPSA) is 15.3 Å². The second-order valence-corrected chi connectivity index (χ2v) is 7.32. The maximum atomic E-state index is 3.74. The number of hydrogen-bond donors (Lipinski definition) is 1. The highest BCUT2D eigenvalue weighted by Gasteiger charge is 2.57. The van der Waals surface area contributed by atoms with Crippen molar-refractivity contribution in [3.63, 3.8) is 0 Å². The number of nitrogens with one attached hydrogen (secondary N) is 1. The van der Waals surface area contributed by atoms with E-state index in [0.717, 1.165) is 17.9 Å². The molecule has 2 aliphatic rings. The van der Waals surface area contributed by atoms with Crippen molar-refractivity contribution in [2.75, 3.05) is 13.1 Å². The molecule has 0 aromatic heterocycles. The fourth-order valence-corrected chi connectivity index (χ4v) is 2.79. The van der Waals surface area contributed by atoms with Crippen molar-refractivity contribution in [2.45, 2.75) is 58.7 Å². The van der Waals surface area contributed by atoms with E-state index in [1.54, 1.807) is 0 Å². The summed E-state index contributed by atoms with van der Waals surface area (Å²) in [7, 11) is 0. The van der Waals surface area contributed by atoms with Crippen LogP contribution in [0.1, 0.15) is 41.5 Å². The van der Waals surface area contributed by atoms with E-state index in [1.807, 2.05) is 0 Å². The molecule has 0 amide bonds. The Hall–Kier alpha value is -0.0800. The molecule has 0 aromatic carbocycles. The first-order valence-electron chi connectivity index (χ1n) is 6.21. The predicted octanol–water partition coefficient (Wildman–Crippen LogP) is 2.10. The van der Waals surface area contributed by atoms with E-state index in [0.29, 0.717) is 5.54 Å². The van der Waals surface area contributed by atoms with Gasteiger partial charge in [0.1, 0.15) is 0 Å². The summed E-state index contributed by atoms with van der Waals surface area (Å²) in [4.78, 5) is 2.63. The van der Waals surface area contributed by atoms with Gasteiger partial charge in [0.05, 0.1) is 0 Å². The quantitative estimate of drug-likeness (QED) is 0.713. The molecular weight excluding hydrogens is 184 g/mol. The smallest absolute Gasteiger partial charge is 0.0160 e. The largest absolute Gasteiger partial charge is 0.309 e. The molecule has 0 spiro atoms. The van der Waals surface area contributed by atoms with Gasteiger partial charge in [0.25, 0.3) is 0 Å². The van der Waals surface area contributed by atoms with Gasteiger partial charge in [0.15, 0.2) is 0 Å². The van der Waals surface area contributed by atoms with Gasteiger partial charge >= 0.3 is 0 Å². The standard InChI is InChI=1S/C13H26N2/c1-12(2,3)14-11-9-7-15(8-10(9)11)13(4,5)6/h9-11,14H,7-8H2,1-6H3/t9-,10+,11+. The van der Waals surface area contributed by atoms with E-state index in [9.17, 15) is 0 Å². The second kappa shape index (κ2) is 3.21. The Labute approximate surface area is 94.4 Å². The molecule has 1 saturated heterocycles. The number of piperidine rings is 1. The van der Waals surface area contributed by atoms with Crippen LogP contribution in [0.4, 0.5) is 0 Å². The van der Waals surface area contributed by atoms with Crippen LogP contribution in [-0.2, 0) is 0 Å². The summed E-state index contributed by atoms with van der Waals surface area (Å²) in [6, 6.07) is 0.795. The molecule has 2 nitrogen and oxygen atoms in total. The van der Waals surface area contributed by atoms with Crippen molar-refractivity contribution < 1.29 is 0 Å². The van der Waals surface area contributed by atoms with Crippen LogP contribution >= 0.6 is 0 Å². The number of fused-ring (bicyclic) bond motifs is 1. The van der Waals surface area contributed by atoms with Crippen LogP contribution in [0, 0.1) is 11.8 Å². The van der Waals surface area contributed by atoms with Gasteiger partial charge in [-0.1, -0.05) is 0 Å². The summed E-state index contributed by atoms with van der Waals surface area (Å²) in [6.45, 7) is 16.4. The van der Waals surface area contributed by atoms with Gasteiger partial charge in [-0.05, 0) is 53.4 Å². The zero-order valence-corrected chi connectivity index (χ0v) is 11.1. The highest BCUT2D eigenvalue weighted by atomic mass is 15.3. The Kier molecular flexibility index (Phi) is 2.44. The molecule has 0 radical (unpaired) electrons. The van der Waals surface area contributed by atoms with Crippen molar-refractivity contribution in [2.24, 2.45) is 11.8 Å². The minimum absolute atomic E-state index is 0.279. The molecule has 0 aromatic rings. The van der Waals surface area contributed by atoms with E-state index < -0.39 is 0 Å². The summed E-state index contributed by atoms with van der Waals surface area (Å²) in [6.07, 6.45) is 0. The Morgan fingerprint density at radius 1 is 0.933 bits per heavy atom. The monoisotopic (exact) mass is 210 g/mol. The van der Waals surface area contributed by atoms with Gasteiger partial charge < -0.3 is 5.32 Å². The minimum Gasteiger partial charge on any atom is -0.309 e. The summed E-state index contributed by atoms with van der Waals surface area (Å²) in [5.41, 5.74) is 0.640. The van der Waals surface area contributed by atoms with Crippen LogP contribution in [0.2, 0.25) is 0 Å². The van der Waals surface area contributed by atoms with Crippen LogP contribution in [-0.4, -0.2) is 35.1 Å². The summed E-state index contributed by atoms with van der Waals surface area (Å²) in [5, 5.41) is 3.74. The molecule has 2 rings (SSSR count). The first kappa shape index (κ1) is 11.4. The maximum absolute atomic E-state index is 3.74. The molecule has 0 bridgehead atoms. The number of hydrogen-bond acceptors (Lipinski definition) is 2. The average molecular weight is 210 g/mol. The lowest BCUT2D eigenvalue weighted by molar-refractivity contribution is 0.147. The highest BCUT2D eigenvalue weighted by Crippen LogP contribution is 2.48. The van der Waals surface area contributed by atoms with Crippen LogP contribution in [0.25, 0.3) is 0 Å². The number of nitrogens with zero attached hydrogens (tertiary/aromatic N) is 1. The van der Waals surface area contributed by atoms with Gasteiger partial charge in [-0.15, -0.1) is 0 Å². The highest BCUT2D eigenvalue weighted by molar-refractivity contribution is 5.12. The Morgan fingerprint density at radius 2 is 1.40 bits per heavy atom. The average Bonchev–Trinajstić information content (AvgIpc) is 2.50. The molecule has 1 aliphatic heterocycles. The second-order valence-electron chi connectivity index (χ2n) is 7.32. The van der Waals surface area contributed by atoms with Gasteiger partial charge in [-0.2, -0.15) is 0 Å². The Bertz CT molecular complexity index is 234. The molecule has 3 atom stereocenters. The maximum Gasteiger partial charge on any atom is 0.0160 e. The van der Waals surface area contributed by atoms with Crippen molar-refractivity contribution in [1.29, 1.82) is 0 Å². The molecule has 0 unspecified atom stereocenters. The van der Waals surface area contributed by atoms with E-state index in [2.05, 4.69) is 51.8 Å². The predicted molar refractivity (Wildman–Crippen MR) is 65.0 cm³/mol. The lowest BCUT2D eigenvalue weighted by atomic mass is 10.1. The summed E-state index contributed by atoms with van der Waals surface area (Å²) < 4.78 is 0. The molecule has 1 N–H and O–H groups in total. The molecule has 2 heteroatoms. The normalized spacial score (nSPS) is 36.8. The van der Waals surface area contributed by atoms with Crippen LogP contribution in [0.5, 0.6) is 0 Å². The van der Waals surface area contributed by atoms with E-state index in [1.165, 1.54) is 13.1 Å². The number of rotatable bonds is 1. The first-order chi connectivity index (χ1) is 6.68. The molecule has 88 valence electrons. The lowest BCUT2D eigenvalue weighted by Gasteiger charge is -2.34. The molecule has 15 heavy (non-hydrogen) atoms. The SMILES string of the molecule is CC(C)(C)N[C@H]1[C@@H]2CN(C(C)(C)C)C[C@@H]21.